The Morgan fingerprint density at radius 2 is 1.80 bits per heavy atom. The van der Waals surface area contributed by atoms with Crippen LogP contribution in [0.3, 0.4) is 0 Å². The van der Waals surface area contributed by atoms with Crippen molar-refractivity contribution in [3.63, 3.8) is 0 Å². The molecule has 1 aliphatic heterocycles. The molecule has 20 heavy (non-hydrogen) atoms. The van der Waals surface area contributed by atoms with E-state index in [2.05, 4.69) is 18.1 Å². The lowest BCUT2D eigenvalue weighted by Gasteiger charge is -2.24. The second-order valence-corrected chi connectivity index (χ2v) is 5.19. The van der Waals surface area contributed by atoms with Crippen LogP contribution in [0.25, 0.3) is 0 Å². The molecule has 0 aromatic heterocycles. The molecule has 1 heterocycles. The summed E-state index contributed by atoms with van der Waals surface area (Å²) in [4.78, 5) is 2.19. The Morgan fingerprint density at radius 1 is 1.15 bits per heavy atom. The Kier molecular flexibility index (Phi) is 5.50. The second-order valence-electron chi connectivity index (χ2n) is 4.67. The number of halogens is 1. The molecule has 0 bridgehead atoms. The second kappa shape index (κ2) is 7.36. The molecule has 1 unspecified atom stereocenters. The quantitative estimate of drug-likeness (QED) is 0.568. The Hall–Kier alpha value is -1.45. The van der Waals surface area contributed by atoms with Gasteiger partial charge in [-0.3, -0.25) is 4.90 Å². The first-order chi connectivity index (χ1) is 9.74. The van der Waals surface area contributed by atoms with E-state index in [0.717, 1.165) is 36.7 Å². The molecule has 108 valence electrons. The molecule has 1 aliphatic rings. The van der Waals surface area contributed by atoms with Gasteiger partial charge in [-0.2, -0.15) is 0 Å². The Labute approximate surface area is 125 Å². The first-order valence-electron chi connectivity index (χ1n) is 6.72. The number of benzene rings is 1. The van der Waals surface area contributed by atoms with Gasteiger partial charge < -0.3 is 9.47 Å². The summed E-state index contributed by atoms with van der Waals surface area (Å²) >= 11 is 6.51. The van der Waals surface area contributed by atoms with Gasteiger partial charge in [-0.05, 0) is 17.7 Å². The van der Waals surface area contributed by atoms with E-state index in [0.29, 0.717) is 13.2 Å². The van der Waals surface area contributed by atoms with Gasteiger partial charge in [0.2, 0.25) is 0 Å². The maximum atomic E-state index is 6.51. The number of ether oxygens (including phenoxy) is 2. The molecular formula is C16H20ClNO2. The first-order valence-corrected chi connectivity index (χ1v) is 7.16. The highest BCUT2D eigenvalue weighted by Gasteiger charge is 2.17. The van der Waals surface area contributed by atoms with E-state index in [4.69, 9.17) is 21.1 Å². The van der Waals surface area contributed by atoms with Crippen molar-refractivity contribution in [2.24, 2.45) is 0 Å². The molecule has 0 radical (unpaired) electrons. The molecule has 0 aliphatic carbocycles. The smallest absolute Gasteiger partial charge is 0.161 e. The van der Waals surface area contributed by atoms with E-state index in [1.165, 1.54) is 0 Å². The summed E-state index contributed by atoms with van der Waals surface area (Å²) in [7, 11) is 0. The summed E-state index contributed by atoms with van der Waals surface area (Å²) in [6.45, 7) is 11.0. The maximum Gasteiger partial charge on any atom is 0.161 e. The van der Waals surface area contributed by atoms with E-state index in [9.17, 15) is 0 Å². The maximum absolute atomic E-state index is 6.51. The standard InChI is InChI=1S/C16H20ClNO2/c1-3-7-18(8-4-2)12-14(17)13-5-6-15-16(11-13)20-10-9-19-15/h3-6,11,14H,1-2,7-10,12H2. The fourth-order valence-corrected chi connectivity index (χ4v) is 2.51. The van der Waals surface area contributed by atoms with Gasteiger partial charge in [0.25, 0.3) is 0 Å². The molecule has 0 spiro atoms. The molecule has 4 heteroatoms. The largest absolute Gasteiger partial charge is 0.486 e. The lowest BCUT2D eigenvalue weighted by molar-refractivity contribution is 0.171. The third kappa shape index (κ3) is 3.78. The molecule has 0 saturated carbocycles. The van der Waals surface area contributed by atoms with Crippen molar-refractivity contribution in [1.82, 2.24) is 4.90 Å². The van der Waals surface area contributed by atoms with Gasteiger partial charge in [0, 0.05) is 19.6 Å². The van der Waals surface area contributed by atoms with Gasteiger partial charge in [0.15, 0.2) is 11.5 Å². The third-order valence-corrected chi connectivity index (χ3v) is 3.51. The van der Waals surface area contributed by atoms with E-state index in [1.54, 1.807) is 0 Å². The number of fused-ring (bicyclic) bond motifs is 1. The van der Waals surface area contributed by atoms with E-state index >= 15 is 0 Å². The lowest BCUT2D eigenvalue weighted by atomic mass is 10.1. The molecular weight excluding hydrogens is 274 g/mol. The summed E-state index contributed by atoms with van der Waals surface area (Å²) in [6, 6.07) is 5.88. The molecule has 0 saturated heterocycles. The zero-order valence-corrected chi connectivity index (χ0v) is 12.3. The van der Waals surface area contributed by atoms with Gasteiger partial charge in [0.05, 0.1) is 5.38 Å². The van der Waals surface area contributed by atoms with Crippen LogP contribution < -0.4 is 9.47 Å². The van der Waals surface area contributed by atoms with Crippen molar-refractivity contribution in [2.75, 3.05) is 32.8 Å². The van der Waals surface area contributed by atoms with Crippen molar-refractivity contribution in [3.8, 4) is 11.5 Å². The molecule has 1 aromatic rings. The van der Waals surface area contributed by atoms with Crippen LogP contribution in [0.15, 0.2) is 43.5 Å². The molecule has 0 amide bonds. The van der Waals surface area contributed by atoms with Crippen LogP contribution in [0.4, 0.5) is 0 Å². The lowest BCUT2D eigenvalue weighted by Crippen LogP contribution is -2.27. The highest BCUT2D eigenvalue weighted by molar-refractivity contribution is 6.21. The molecule has 2 rings (SSSR count). The van der Waals surface area contributed by atoms with Crippen LogP contribution in [0.2, 0.25) is 0 Å². The number of hydrogen-bond donors (Lipinski definition) is 0. The number of hydrogen-bond acceptors (Lipinski definition) is 3. The van der Waals surface area contributed by atoms with Gasteiger partial charge in [-0.1, -0.05) is 18.2 Å². The van der Waals surface area contributed by atoms with Gasteiger partial charge in [-0.15, -0.1) is 24.8 Å². The third-order valence-electron chi connectivity index (χ3n) is 3.12. The topological polar surface area (TPSA) is 21.7 Å². The Morgan fingerprint density at radius 3 is 2.45 bits per heavy atom. The Bertz CT molecular complexity index is 466. The van der Waals surface area contributed by atoms with Gasteiger partial charge in [-0.25, -0.2) is 0 Å². The average Bonchev–Trinajstić information content (AvgIpc) is 2.47. The molecule has 0 N–H and O–H groups in total. The highest BCUT2D eigenvalue weighted by Crippen LogP contribution is 2.34. The number of alkyl halides is 1. The number of rotatable bonds is 7. The first kappa shape index (κ1) is 14.9. The van der Waals surface area contributed by atoms with Crippen molar-refractivity contribution in [2.45, 2.75) is 5.38 Å². The summed E-state index contributed by atoms with van der Waals surface area (Å²) < 4.78 is 11.1. The zero-order chi connectivity index (χ0) is 14.4. The fraction of sp³-hybridized carbons (Fsp3) is 0.375. The molecule has 1 aromatic carbocycles. The van der Waals surface area contributed by atoms with Crippen LogP contribution in [0.5, 0.6) is 11.5 Å². The predicted molar refractivity (Wildman–Crippen MR) is 82.9 cm³/mol. The van der Waals surface area contributed by atoms with Crippen molar-refractivity contribution in [3.05, 3.63) is 49.1 Å². The molecule has 0 fully saturated rings. The van der Waals surface area contributed by atoms with Crippen molar-refractivity contribution in [1.29, 1.82) is 0 Å². The van der Waals surface area contributed by atoms with Gasteiger partial charge in [0.1, 0.15) is 13.2 Å². The minimum atomic E-state index is -0.106. The van der Waals surface area contributed by atoms with E-state index in [-0.39, 0.29) is 5.38 Å². The van der Waals surface area contributed by atoms with Crippen LogP contribution >= 0.6 is 11.6 Å². The molecule has 3 nitrogen and oxygen atoms in total. The normalized spacial score (nSPS) is 14.9. The summed E-state index contributed by atoms with van der Waals surface area (Å²) in [5.74, 6) is 1.57. The van der Waals surface area contributed by atoms with Crippen LogP contribution in [0.1, 0.15) is 10.9 Å². The summed E-state index contributed by atoms with van der Waals surface area (Å²) in [5.41, 5.74) is 1.04. The predicted octanol–water partition coefficient (Wildman–Crippen LogP) is 3.41. The summed E-state index contributed by atoms with van der Waals surface area (Å²) in [5, 5.41) is -0.106. The number of nitrogens with zero attached hydrogens (tertiary/aromatic N) is 1. The average molecular weight is 294 g/mol. The van der Waals surface area contributed by atoms with E-state index in [1.807, 2.05) is 30.4 Å². The van der Waals surface area contributed by atoms with Crippen LogP contribution in [-0.4, -0.2) is 37.7 Å². The summed E-state index contributed by atoms with van der Waals surface area (Å²) in [6.07, 6.45) is 3.74. The van der Waals surface area contributed by atoms with Crippen LogP contribution in [0, 0.1) is 0 Å². The minimum absolute atomic E-state index is 0.106. The van der Waals surface area contributed by atoms with Gasteiger partial charge >= 0.3 is 0 Å². The zero-order valence-electron chi connectivity index (χ0n) is 11.6. The minimum Gasteiger partial charge on any atom is -0.486 e. The Balaban J connectivity index is 2.05. The fourth-order valence-electron chi connectivity index (χ4n) is 2.18. The van der Waals surface area contributed by atoms with E-state index < -0.39 is 0 Å². The SMILES string of the molecule is C=CCN(CC=C)CC(Cl)c1ccc2c(c1)OCCO2. The van der Waals surface area contributed by atoms with Crippen molar-refractivity contribution < 1.29 is 9.47 Å². The van der Waals surface area contributed by atoms with Crippen LogP contribution in [-0.2, 0) is 0 Å². The molecule has 1 atom stereocenters. The van der Waals surface area contributed by atoms with Crippen molar-refractivity contribution >= 4 is 11.6 Å². The monoisotopic (exact) mass is 293 g/mol. The highest BCUT2D eigenvalue weighted by atomic mass is 35.5.